The largest absolute Gasteiger partial charge is 0.479 e. The maximum atomic E-state index is 12.8. The number of carboxylic acids is 1. The molecule has 0 amide bonds. The van der Waals surface area contributed by atoms with Crippen LogP contribution < -0.4 is 14.2 Å². The van der Waals surface area contributed by atoms with Crippen molar-refractivity contribution in [2.45, 2.75) is 6.18 Å². The number of carboxylic acid groups (broad SMARTS) is 1. The normalized spacial score (nSPS) is 11.0. The highest BCUT2D eigenvalue weighted by atomic mass is 35.5. The molecule has 2 aromatic carbocycles. The van der Waals surface area contributed by atoms with Crippen LogP contribution in [0.3, 0.4) is 0 Å². The Kier molecular flexibility index (Phi) is 6.87. The van der Waals surface area contributed by atoms with Crippen LogP contribution in [-0.4, -0.2) is 27.6 Å². The van der Waals surface area contributed by atoms with Gasteiger partial charge in [0.15, 0.2) is 18.1 Å². The minimum atomic E-state index is -4.65. The molecule has 3 aromatic rings. The number of ether oxygens (including phenoxy) is 3. The molecule has 1 heterocycles. The number of benzene rings is 2. The number of halogens is 4. The minimum Gasteiger partial charge on any atom is -0.479 e. The topological polar surface area (TPSA) is 121 Å². The number of carbonyl (C=O) groups is 1. The zero-order chi connectivity index (χ0) is 24.2. The summed E-state index contributed by atoms with van der Waals surface area (Å²) < 4.78 is 54.4. The van der Waals surface area contributed by atoms with E-state index in [4.69, 9.17) is 30.9 Å². The van der Waals surface area contributed by atoms with Gasteiger partial charge in [0, 0.05) is 18.3 Å². The van der Waals surface area contributed by atoms with Crippen molar-refractivity contribution in [2.75, 3.05) is 6.61 Å². The van der Waals surface area contributed by atoms with Crippen LogP contribution in [0.1, 0.15) is 5.56 Å². The maximum Gasteiger partial charge on any atom is 0.417 e. The Morgan fingerprint density at radius 3 is 2.39 bits per heavy atom. The molecule has 0 bridgehead atoms. The summed E-state index contributed by atoms with van der Waals surface area (Å²) in [5, 5.41) is 19.8. The average Bonchev–Trinajstić information content (AvgIpc) is 2.73. The van der Waals surface area contributed by atoms with Gasteiger partial charge in [-0.2, -0.15) is 13.2 Å². The lowest BCUT2D eigenvalue weighted by Crippen LogP contribution is -2.09. The molecule has 0 aliphatic carbocycles. The summed E-state index contributed by atoms with van der Waals surface area (Å²) in [4.78, 5) is 25.0. The van der Waals surface area contributed by atoms with E-state index < -0.39 is 39.9 Å². The summed E-state index contributed by atoms with van der Waals surface area (Å²) in [6.45, 7) is -0.677. The molecule has 1 N–H and O–H groups in total. The Hall–Kier alpha value is -4.06. The van der Waals surface area contributed by atoms with Crippen molar-refractivity contribution >= 4 is 23.3 Å². The van der Waals surface area contributed by atoms with Crippen molar-refractivity contribution in [1.29, 1.82) is 0 Å². The predicted octanol–water partition coefficient (Wildman–Crippen LogP) is 5.71. The molecule has 0 spiro atoms. The molecule has 0 atom stereocenters. The average molecular weight is 485 g/mol. The van der Waals surface area contributed by atoms with Crippen LogP contribution in [0.15, 0.2) is 54.7 Å². The van der Waals surface area contributed by atoms with E-state index in [9.17, 15) is 28.1 Å². The van der Waals surface area contributed by atoms with Crippen molar-refractivity contribution in [3.05, 3.63) is 75.4 Å². The van der Waals surface area contributed by atoms with Crippen LogP contribution in [0.4, 0.5) is 18.9 Å². The van der Waals surface area contributed by atoms with E-state index in [-0.39, 0.29) is 28.9 Å². The molecule has 0 saturated heterocycles. The van der Waals surface area contributed by atoms with Crippen molar-refractivity contribution in [2.24, 2.45) is 0 Å². The quantitative estimate of drug-likeness (QED) is 0.319. The third-order valence-corrected chi connectivity index (χ3v) is 4.17. The summed E-state index contributed by atoms with van der Waals surface area (Å²) in [5.74, 6) is -2.01. The van der Waals surface area contributed by atoms with Crippen molar-refractivity contribution in [3.63, 3.8) is 0 Å². The number of hydrogen-bond acceptors (Lipinski definition) is 7. The van der Waals surface area contributed by atoms with E-state index in [1.807, 2.05) is 0 Å². The first-order chi connectivity index (χ1) is 15.5. The molecule has 0 saturated carbocycles. The van der Waals surface area contributed by atoms with Gasteiger partial charge in [-0.1, -0.05) is 23.7 Å². The third kappa shape index (κ3) is 6.01. The van der Waals surface area contributed by atoms with Gasteiger partial charge in [0.1, 0.15) is 10.8 Å². The summed E-state index contributed by atoms with van der Waals surface area (Å²) in [6, 6.07) is 9.80. The highest BCUT2D eigenvalue weighted by Gasteiger charge is 2.32. The smallest absolute Gasteiger partial charge is 0.417 e. The van der Waals surface area contributed by atoms with Crippen LogP contribution in [0.2, 0.25) is 5.02 Å². The number of rotatable bonds is 8. The van der Waals surface area contributed by atoms with Crippen molar-refractivity contribution < 1.29 is 42.2 Å². The van der Waals surface area contributed by atoms with Gasteiger partial charge in [-0.3, -0.25) is 10.1 Å². The maximum absolute atomic E-state index is 12.8. The van der Waals surface area contributed by atoms with Gasteiger partial charge in [-0.25, -0.2) is 9.78 Å². The Labute approximate surface area is 188 Å². The van der Waals surface area contributed by atoms with E-state index >= 15 is 0 Å². The lowest BCUT2D eigenvalue weighted by Gasteiger charge is -2.13. The minimum absolute atomic E-state index is 0.00738. The van der Waals surface area contributed by atoms with Gasteiger partial charge >= 0.3 is 17.8 Å². The summed E-state index contributed by atoms with van der Waals surface area (Å²) in [5.41, 5.74) is -1.55. The number of pyridine rings is 1. The fraction of sp³-hybridized carbons (Fsp3) is 0.100. The number of aliphatic carboxylic acids is 1. The number of nitro benzene ring substituents is 1. The zero-order valence-corrected chi connectivity index (χ0v) is 17.0. The third-order valence-electron chi connectivity index (χ3n) is 3.90. The van der Waals surface area contributed by atoms with Crippen molar-refractivity contribution in [1.82, 2.24) is 4.98 Å². The first-order valence-electron chi connectivity index (χ1n) is 8.85. The van der Waals surface area contributed by atoms with E-state index in [2.05, 4.69) is 4.98 Å². The number of para-hydroxylation sites is 2. The molecule has 172 valence electrons. The van der Waals surface area contributed by atoms with E-state index in [0.717, 1.165) is 12.1 Å². The van der Waals surface area contributed by atoms with Gasteiger partial charge in [-0.15, -0.1) is 0 Å². The van der Waals surface area contributed by atoms with Crippen LogP contribution in [0.25, 0.3) is 0 Å². The molecule has 0 unspecified atom stereocenters. The molecule has 0 fully saturated rings. The molecule has 0 radical (unpaired) electrons. The molecule has 0 aliphatic heterocycles. The molecular formula is C20H12ClF3N2O7. The van der Waals surface area contributed by atoms with E-state index in [0.29, 0.717) is 12.3 Å². The Bertz CT molecular complexity index is 1200. The van der Waals surface area contributed by atoms with E-state index in [1.54, 1.807) is 0 Å². The molecule has 13 heteroatoms. The van der Waals surface area contributed by atoms with Crippen LogP contribution in [0.5, 0.6) is 28.9 Å². The standard InChI is InChI=1S/C20H12ClF3N2O7/c21-13-7-11(20(22,23)24)9-25-19(13)32-12-5-6-14(26(29)30)17(8-12)33-16-4-2-1-3-15(16)31-10-18(27)28/h1-9H,10H2,(H,27,28). The first-order valence-corrected chi connectivity index (χ1v) is 9.23. The second-order valence-electron chi connectivity index (χ2n) is 6.23. The second kappa shape index (κ2) is 9.61. The summed E-state index contributed by atoms with van der Waals surface area (Å²) >= 11 is 5.83. The first kappa shape index (κ1) is 23.6. The number of hydrogen-bond donors (Lipinski definition) is 1. The zero-order valence-electron chi connectivity index (χ0n) is 16.2. The van der Waals surface area contributed by atoms with Crippen LogP contribution in [0, 0.1) is 10.1 Å². The molecule has 33 heavy (non-hydrogen) atoms. The van der Waals surface area contributed by atoms with Gasteiger partial charge in [0.05, 0.1) is 10.5 Å². The number of nitrogens with zero attached hydrogens (tertiary/aromatic N) is 2. The number of nitro groups is 1. The lowest BCUT2D eigenvalue weighted by molar-refractivity contribution is -0.385. The van der Waals surface area contributed by atoms with Gasteiger partial charge in [0.25, 0.3) is 0 Å². The number of alkyl halides is 3. The monoisotopic (exact) mass is 484 g/mol. The highest BCUT2D eigenvalue weighted by molar-refractivity contribution is 6.31. The Morgan fingerprint density at radius 2 is 1.79 bits per heavy atom. The fourth-order valence-corrected chi connectivity index (χ4v) is 2.67. The van der Waals surface area contributed by atoms with Crippen LogP contribution >= 0.6 is 11.6 Å². The SMILES string of the molecule is O=C(O)COc1ccccc1Oc1cc(Oc2ncc(C(F)(F)F)cc2Cl)ccc1[N+](=O)[O-]. The highest BCUT2D eigenvalue weighted by Crippen LogP contribution is 2.40. The lowest BCUT2D eigenvalue weighted by atomic mass is 10.2. The predicted molar refractivity (Wildman–Crippen MR) is 107 cm³/mol. The molecule has 3 rings (SSSR count). The van der Waals surface area contributed by atoms with Gasteiger partial charge in [0.2, 0.25) is 11.6 Å². The summed E-state index contributed by atoms with van der Waals surface area (Å²) in [6.07, 6.45) is -4.13. The fourth-order valence-electron chi connectivity index (χ4n) is 2.47. The van der Waals surface area contributed by atoms with Crippen LogP contribution in [-0.2, 0) is 11.0 Å². The Balaban J connectivity index is 1.92. The van der Waals surface area contributed by atoms with Crippen molar-refractivity contribution in [3.8, 4) is 28.9 Å². The molecular weight excluding hydrogens is 473 g/mol. The van der Waals surface area contributed by atoms with Gasteiger partial charge < -0.3 is 19.3 Å². The van der Waals surface area contributed by atoms with E-state index in [1.165, 1.54) is 30.3 Å². The second-order valence-corrected chi connectivity index (χ2v) is 6.64. The molecule has 9 nitrogen and oxygen atoms in total. The van der Waals surface area contributed by atoms with Gasteiger partial charge in [-0.05, 0) is 24.3 Å². The molecule has 1 aromatic heterocycles. The Morgan fingerprint density at radius 1 is 1.09 bits per heavy atom. The summed E-state index contributed by atoms with van der Waals surface area (Å²) in [7, 11) is 0. The number of aromatic nitrogens is 1. The molecule has 0 aliphatic rings.